The predicted molar refractivity (Wildman–Crippen MR) is 49.6 cm³/mol. The van der Waals surface area contributed by atoms with E-state index in [0.29, 0.717) is 6.20 Å². The molecule has 0 fully saturated rings. The number of nitrogen functional groups attached to an aromatic ring is 1. The average Bonchev–Trinajstić information content (AvgIpc) is 2.16. The molecule has 2 N–H and O–H groups in total. The van der Waals surface area contributed by atoms with Crippen LogP contribution in [0.1, 0.15) is 22.8 Å². The Labute approximate surface area is 89.2 Å². The normalized spacial score (nSPS) is 11.2. The Morgan fingerprint density at radius 2 is 2.19 bits per heavy atom. The number of alkyl halides is 3. The lowest BCUT2D eigenvalue weighted by atomic mass is 10.1. The zero-order valence-corrected chi connectivity index (χ0v) is 8.34. The molecule has 0 aliphatic carbocycles. The first kappa shape index (κ1) is 12.3. The predicted octanol–water partition coefficient (Wildman–Crippen LogP) is 1.86. The van der Waals surface area contributed by atoms with E-state index in [0.717, 1.165) is 6.07 Å². The molecule has 0 saturated heterocycles. The van der Waals surface area contributed by atoms with Crippen LogP contribution in [-0.2, 0) is 10.9 Å². The molecular formula is C9H9F3N2O2. The van der Waals surface area contributed by atoms with Crippen LogP contribution in [0.4, 0.5) is 19.0 Å². The first-order chi connectivity index (χ1) is 7.36. The largest absolute Gasteiger partial charge is 0.462 e. The minimum absolute atomic E-state index is 0.0155. The smallest absolute Gasteiger partial charge is 0.418 e. The second kappa shape index (κ2) is 4.38. The van der Waals surface area contributed by atoms with E-state index in [9.17, 15) is 18.0 Å². The van der Waals surface area contributed by atoms with Crippen molar-refractivity contribution in [2.45, 2.75) is 13.1 Å². The summed E-state index contributed by atoms with van der Waals surface area (Å²) >= 11 is 0. The number of rotatable bonds is 2. The summed E-state index contributed by atoms with van der Waals surface area (Å²) in [6.07, 6.45) is -4.15. The molecule has 0 aliphatic rings. The fourth-order valence-corrected chi connectivity index (χ4v) is 1.08. The van der Waals surface area contributed by atoms with E-state index < -0.39 is 23.3 Å². The van der Waals surface area contributed by atoms with E-state index in [-0.39, 0.29) is 12.4 Å². The number of carbonyl (C=O) groups is 1. The molecule has 0 atom stereocenters. The van der Waals surface area contributed by atoms with E-state index >= 15 is 0 Å². The first-order valence-electron chi connectivity index (χ1n) is 4.36. The molecule has 1 aromatic rings. The van der Waals surface area contributed by atoms with Crippen LogP contribution in [0.25, 0.3) is 0 Å². The molecule has 4 nitrogen and oxygen atoms in total. The topological polar surface area (TPSA) is 65.2 Å². The van der Waals surface area contributed by atoms with Crippen LogP contribution >= 0.6 is 0 Å². The van der Waals surface area contributed by atoms with Gasteiger partial charge in [-0.25, -0.2) is 9.78 Å². The first-order valence-corrected chi connectivity index (χ1v) is 4.36. The molecule has 0 saturated carbocycles. The van der Waals surface area contributed by atoms with E-state index in [2.05, 4.69) is 9.72 Å². The third kappa shape index (κ3) is 2.62. The van der Waals surface area contributed by atoms with E-state index in [1.807, 2.05) is 0 Å². The maximum atomic E-state index is 12.5. The molecule has 0 radical (unpaired) electrons. The van der Waals surface area contributed by atoms with Gasteiger partial charge in [0.25, 0.3) is 0 Å². The second-order valence-electron chi connectivity index (χ2n) is 2.87. The zero-order valence-electron chi connectivity index (χ0n) is 8.34. The molecular weight excluding hydrogens is 225 g/mol. The Balaban J connectivity index is 3.24. The lowest BCUT2D eigenvalue weighted by Crippen LogP contribution is -2.16. The van der Waals surface area contributed by atoms with Crippen LogP contribution in [0.3, 0.4) is 0 Å². The molecule has 0 aliphatic heterocycles. The standard InChI is InChI=1S/C9H9F3N2O2/c1-2-16-8(15)5-3-7(13)14-4-6(5)9(10,11)12/h3-4H,2H2,1H3,(H2,13,14). The van der Waals surface area contributed by atoms with Gasteiger partial charge in [-0.05, 0) is 13.0 Å². The molecule has 16 heavy (non-hydrogen) atoms. The highest BCUT2D eigenvalue weighted by Gasteiger charge is 2.36. The van der Waals surface area contributed by atoms with Crippen molar-refractivity contribution in [3.63, 3.8) is 0 Å². The van der Waals surface area contributed by atoms with Gasteiger partial charge in [-0.15, -0.1) is 0 Å². The highest BCUT2D eigenvalue weighted by Crippen LogP contribution is 2.32. The number of halogens is 3. The summed E-state index contributed by atoms with van der Waals surface area (Å²) in [5.74, 6) is -1.24. The van der Waals surface area contributed by atoms with Crippen molar-refractivity contribution in [3.05, 3.63) is 23.4 Å². The van der Waals surface area contributed by atoms with Gasteiger partial charge in [0.1, 0.15) is 5.82 Å². The van der Waals surface area contributed by atoms with Gasteiger partial charge in [0, 0.05) is 6.20 Å². The maximum absolute atomic E-state index is 12.5. The van der Waals surface area contributed by atoms with Crippen molar-refractivity contribution in [1.29, 1.82) is 0 Å². The van der Waals surface area contributed by atoms with Crippen LogP contribution in [-0.4, -0.2) is 17.6 Å². The fourth-order valence-electron chi connectivity index (χ4n) is 1.08. The third-order valence-electron chi connectivity index (χ3n) is 1.73. The van der Waals surface area contributed by atoms with E-state index in [4.69, 9.17) is 5.73 Å². The molecule has 0 unspecified atom stereocenters. The van der Waals surface area contributed by atoms with Crippen molar-refractivity contribution in [2.75, 3.05) is 12.3 Å². The minimum Gasteiger partial charge on any atom is -0.462 e. The van der Waals surface area contributed by atoms with Crippen LogP contribution in [0.5, 0.6) is 0 Å². The Bertz CT molecular complexity index is 404. The summed E-state index contributed by atoms with van der Waals surface area (Å²) in [6, 6.07) is 0.848. The van der Waals surface area contributed by atoms with Crippen molar-refractivity contribution < 1.29 is 22.7 Å². The Morgan fingerprint density at radius 3 is 2.69 bits per heavy atom. The number of aromatic nitrogens is 1. The number of nitrogens with zero attached hydrogens (tertiary/aromatic N) is 1. The second-order valence-corrected chi connectivity index (χ2v) is 2.87. The van der Waals surface area contributed by atoms with Crippen LogP contribution < -0.4 is 5.73 Å². The Kier molecular flexibility index (Phi) is 3.36. The summed E-state index contributed by atoms with van der Waals surface area (Å²) in [6.45, 7) is 1.48. The summed E-state index contributed by atoms with van der Waals surface area (Å²) in [5.41, 5.74) is 3.44. The number of carbonyl (C=O) groups excluding carboxylic acids is 1. The third-order valence-corrected chi connectivity index (χ3v) is 1.73. The summed E-state index contributed by atoms with van der Waals surface area (Å²) < 4.78 is 42.0. The molecule has 0 aromatic carbocycles. The zero-order chi connectivity index (χ0) is 12.3. The molecule has 88 valence electrons. The van der Waals surface area contributed by atoms with Crippen molar-refractivity contribution in [1.82, 2.24) is 4.98 Å². The van der Waals surface area contributed by atoms with Crippen molar-refractivity contribution >= 4 is 11.8 Å². The van der Waals surface area contributed by atoms with Crippen molar-refractivity contribution in [3.8, 4) is 0 Å². The van der Waals surface area contributed by atoms with Gasteiger partial charge in [0.2, 0.25) is 0 Å². The van der Waals surface area contributed by atoms with Gasteiger partial charge in [-0.1, -0.05) is 0 Å². The van der Waals surface area contributed by atoms with Gasteiger partial charge < -0.3 is 10.5 Å². The number of anilines is 1. The number of esters is 1. The van der Waals surface area contributed by atoms with Gasteiger partial charge >= 0.3 is 12.1 Å². The van der Waals surface area contributed by atoms with Crippen LogP contribution in [0.15, 0.2) is 12.3 Å². The number of hydrogen-bond donors (Lipinski definition) is 1. The molecule has 1 heterocycles. The number of ether oxygens (including phenoxy) is 1. The van der Waals surface area contributed by atoms with E-state index in [1.54, 1.807) is 0 Å². The Morgan fingerprint density at radius 1 is 1.56 bits per heavy atom. The monoisotopic (exact) mass is 234 g/mol. The SMILES string of the molecule is CCOC(=O)c1cc(N)ncc1C(F)(F)F. The highest BCUT2D eigenvalue weighted by molar-refractivity contribution is 5.92. The molecule has 1 rings (SSSR count). The van der Waals surface area contributed by atoms with Crippen molar-refractivity contribution in [2.24, 2.45) is 0 Å². The lowest BCUT2D eigenvalue weighted by molar-refractivity contribution is -0.138. The summed E-state index contributed by atoms with van der Waals surface area (Å²) in [7, 11) is 0. The molecule has 1 aromatic heterocycles. The summed E-state index contributed by atoms with van der Waals surface area (Å²) in [5, 5.41) is 0. The number of hydrogen-bond acceptors (Lipinski definition) is 4. The van der Waals surface area contributed by atoms with Gasteiger partial charge in [-0.2, -0.15) is 13.2 Å². The number of pyridine rings is 1. The molecule has 7 heteroatoms. The minimum atomic E-state index is -4.66. The molecule has 0 bridgehead atoms. The Hall–Kier alpha value is -1.79. The van der Waals surface area contributed by atoms with Crippen LogP contribution in [0.2, 0.25) is 0 Å². The van der Waals surface area contributed by atoms with Gasteiger partial charge in [0.15, 0.2) is 0 Å². The lowest BCUT2D eigenvalue weighted by Gasteiger charge is -2.11. The van der Waals surface area contributed by atoms with Gasteiger partial charge in [0.05, 0.1) is 17.7 Å². The maximum Gasteiger partial charge on any atom is 0.418 e. The van der Waals surface area contributed by atoms with E-state index in [1.165, 1.54) is 6.92 Å². The average molecular weight is 234 g/mol. The molecule has 0 amide bonds. The molecule has 0 spiro atoms. The fraction of sp³-hybridized carbons (Fsp3) is 0.333. The number of nitrogens with two attached hydrogens (primary N) is 1. The van der Waals surface area contributed by atoms with Gasteiger partial charge in [-0.3, -0.25) is 0 Å². The van der Waals surface area contributed by atoms with Crippen LogP contribution in [0, 0.1) is 0 Å². The quantitative estimate of drug-likeness (QED) is 0.793. The summed E-state index contributed by atoms with van der Waals surface area (Å²) in [4.78, 5) is 14.6. The highest BCUT2D eigenvalue weighted by atomic mass is 19.4.